The first-order chi connectivity index (χ1) is 29.2. The molecule has 20 heteroatoms. The molecule has 0 saturated heterocycles. The summed E-state index contributed by atoms with van der Waals surface area (Å²) < 4.78 is 41.5. The van der Waals surface area contributed by atoms with Gasteiger partial charge in [-0.3, -0.25) is 9.59 Å². The summed E-state index contributed by atoms with van der Waals surface area (Å²) in [6.45, 7) is 6.59. The van der Waals surface area contributed by atoms with Crippen molar-refractivity contribution in [3.05, 3.63) is 157 Å². The first kappa shape index (κ1) is 43.2. The number of carbonyl (C=O) groups is 6. The van der Waals surface area contributed by atoms with E-state index in [-0.39, 0.29) is 28.6 Å². The summed E-state index contributed by atoms with van der Waals surface area (Å²) in [5.41, 5.74) is 2.12. The van der Waals surface area contributed by atoms with Crippen molar-refractivity contribution in [3.8, 4) is 22.5 Å². The first-order valence-corrected chi connectivity index (χ1v) is 17.3. The molecule has 7 N–H and O–H groups in total. The van der Waals surface area contributed by atoms with Gasteiger partial charge in [-0.2, -0.15) is 0 Å². The maximum atomic E-state index is 13.6. The van der Waals surface area contributed by atoms with Crippen LogP contribution in [-0.4, -0.2) is 58.3 Å². The Morgan fingerprint density at radius 2 is 0.984 bits per heavy atom. The third-order valence-corrected chi connectivity index (χ3v) is 7.81. The van der Waals surface area contributed by atoms with Gasteiger partial charge in [-0.15, -0.1) is 0 Å². The van der Waals surface area contributed by atoms with Gasteiger partial charge in [-0.05, 0) is 48.5 Å². The number of carboxylic acids is 1. The van der Waals surface area contributed by atoms with Gasteiger partial charge in [-0.1, -0.05) is 72.0 Å². The molecule has 18 nitrogen and oxygen atoms in total. The second kappa shape index (κ2) is 20.0. The molecule has 0 aliphatic rings. The SMILES string of the molecule is C=C(NC(=O)c1cc(-c2ccc(NC(=O)Nc3ccccc3F)cc2)no1)C(=O)O.C=C(NC(=O)c1cc(-c2ccc(NC(=O)Nc3ccccc3F)cc2)no1)C(=O)OC. The second-order valence-electron chi connectivity index (χ2n) is 12.1. The number of methoxy groups -OCH3 is 1. The van der Waals surface area contributed by atoms with Crippen molar-refractivity contribution < 1.29 is 56.4 Å². The number of halogens is 2. The van der Waals surface area contributed by atoms with Crippen molar-refractivity contribution in [3.63, 3.8) is 0 Å². The number of urea groups is 2. The van der Waals surface area contributed by atoms with Gasteiger partial charge in [0.1, 0.15) is 34.4 Å². The number of ether oxygens (including phenoxy) is 1. The van der Waals surface area contributed by atoms with Crippen LogP contribution in [0.15, 0.2) is 143 Å². The number of para-hydroxylation sites is 2. The van der Waals surface area contributed by atoms with Crippen LogP contribution < -0.4 is 31.9 Å². The minimum Gasteiger partial charge on any atom is -0.477 e. The summed E-state index contributed by atoms with van der Waals surface area (Å²) in [6.07, 6.45) is 0. The highest BCUT2D eigenvalue weighted by atomic mass is 19.1. The fraction of sp³-hybridized carbons (Fsp3) is 0.0244. The Bertz CT molecular complexity index is 2630. The van der Waals surface area contributed by atoms with Gasteiger partial charge in [0, 0.05) is 34.6 Å². The molecule has 6 aromatic rings. The van der Waals surface area contributed by atoms with Gasteiger partial charge < -0.3 is 50.8 Å². The van der Waals surface area contributed by atoms with E-state index in [1.165, 1.54) is 48.5 Å². The minimum atomic E-state index is -1.37. The number of aromatic nitrogens is 2. The Hall–Kier alpha value is -8.94. The number of aliphatic carboxylic acids is 1. The van der Waals surface area contributed by atoms with Crippen LogP contribution in [0.5, 0.6) is 0 Å². The van der Waals surface area contributed by atoms with E-state index in [1.807, 2.05) is 0 Å². The fourth-order valence-electron chi connectivity index (χ4n) is 4.80. The van der Waals surface area contributed by atoms with Crippen molar-refractivity contribution in [2.24, 2.45) is 0 Å². The molecule has 61 heavy (non-hydrogen) atoms. The van der Waals surface area contributed by atoms with E-state index >= 15 is 0 Å². The van der Waals surface area contributed by atoms with Gasteiger partial charge in [0.25, 0.3) is 11.8 Å². The summed E-state index contributed by atoms with van der Waals surface area (Å²) in [5.74, 6) is -5.10. The minimum absolute atomic E-state index is 0.0469. The molecule has 0 radical (unpaired) electrons. The Morgan fingerprint density at radius 3 is 1.36 bits per heavy atom. The Labute approximate surface area is 343 Å². The molecule has 6 rings (SSSR count). The molecule has 0 aliphatic heterocycles. The van der Waals surface area contributed by atoms with Gasteiger partial charge in [-0.25, -0.2) is 28.0 Å². The summed E-state index contributed by atoms with van der Waals surface area (Å²) in [5, 5.41) is 30.6. The number of benzene rings is 4. The Balaban J connectivity index is 0.000000231. The lowest BCUT2D eigenvalue weighted by Crippen LogP contribution is -2.26. The smallest absolute Gasteiger partial charge is 0.353 e. The molecular formula is C41H32F2N8O10. The van der Waals surface area contributed by atoms with Crippen LogP contribution in [0.25, 0.3) is 22.5 Å². The number of esters is 1. The van der Waals surface area contributed by atoms with Crippen LogP contribution in [-0.2, 0) is 14.3 Å². The molecule has 0 unspecified atom stereocenters. The Kier molecular flexibility index (Phi) is 14.1. The number of carbonyl (C=O) groups excluding carboxylic acids is 5. The van der Waals surface area contributed by atoms with Crippen molar-refractivity contribution in [1.29, 1.82) is 0 Å². The predicted octanol–water partition coefficient (Wildman–Crippen LogP) is 6.99. The zero-order valence-electron chi connectivity index (χ0n) is 31.6. The van der Waals surface area contributed by atoms with E-state index < -0.39 is 53.1 Å². The summed E-state index contributed by atoms with van der Waals surface area (Å²) in [6, 6.07) is 25.9. The topological polar surface area (TPSA) is 256 Å². The van der Waals surface area contributed by atoms with Crippen molar-refractivity contribution in [2.45, 2.75) is 0 Å². The van der Waals surface area contributed by atoms with Gasteiger partial charge in [0.2, 0.25) is 11.5 Å². The normalized spacial score (nSPS) is 10.1. The van der Waals surface area contributed by atoms with E-state index in [9.17, 15) is 37.5 Å². The quantitative estimate of drug-likeness (QED) is 0.0486. The number of amides is 6. The van der Waals surface area contributed by atoms with Crippen molar-refractivity contribution in [1.82, 2.24) is 20.9 Å². The number of nitrogens with zero attached hydrogens (tertiary/aromatic N) is 2. The lowest BCUT2D eigenvalue weighted by molar-refractivity contribution is -0.136. The van der Waals surface area contributed by atoms with Crippen molar-refractivity contribution >= 4 is 58.6 Å². The van der Waals surface area contributed by atoms with E-state index in [1.54, 1.807) is 60.7 Å². The fourth-order valence-corrected chi connectivity index (χ4v) is 4.80. The number of carboxylic acid groups (broad SMARTS) is 1. The first-order valence-electron chi connectivity index (χ1n) is 17.3. The predicted molar refractivity (Wildman–Crippen MR) is 215 cm³/mol. The maximum absolute atomic E-state index is 13.6. The highest BCUT2D eigenvalue weighted by Crippen LogP contribution is 2.24. The summed E-state index contributed by atoms with van der Waals surface area (Å²) in [7, 11) is 1.16. The van der Waals surface area contributed by atoms with Gasteiger partial charge >= 0.3 is 24.0 Å². The monoisotopic (exact) mass is 834 g/mol. The number of anilines is 4. The molecule has 0 saturated carbocycles. The van der Waals surface area contributed by atoms with E-state index in [0.29, 0.717) is 33.9 Å². The van der Waals surface area contributed by atoms with Crippen LogP contribution in [0.4, 0.5) is 41.1 Å². The van der Waals surface area contributed by atoms with E-state index in [4.69, 9.17) is 14.2 Å². The average molecular weight is 835 g/mol. The molecule has 0 spiro atoms. The molecule has 2 heterocycles. The van der Waals surface area contributed by atoms with Crippen LogP contribution in [0.2, 0.25) is 0 Å². The third kappa shape index (κ3) is 12.0. The molecule has 2 aromatic heterocycles. The molecule has 6 amide bonds. The molecular weight excluding hydrogens is 802 g/mol. The molecule has 0 fully saturated rings. The summed E-state index contributed by atoms with van der Waals surface area (Å²) in [4.78, 5) is 70.0. The highest BCUT2D eigenvalue weighted by Gasteiger charge is 2.19. The average Bonchev–Trinajstić information content (AvgIpc) is 3.95. The van der Waals surface area contributed by atoms with Gasteiger partial charge in [0.05, 0.1) is 18.5 Å². The van der Waals surface area contributed by atoms with Crippen LogP contribution in [0, 0.1) is 11.6 Å². The van der Waals surface area contributed by atoms with Crippen molar-refractivity contribution in [2.75, 3.05) is 28.4 Å². The lowest BCUT2D eigenvalue weighted by Gasteiger charge is -2.08. The number of nitrogens with one attached hydrogen (secondary N) is 6. The van der Waals surface area contributed by atoms with E-state index in [0.717, 1.165) is 7.11 Å². The van der Waals surface area contributed by atoms with E-state index in [2.05, 4.69) is 60.1 Å². The standard InChI is InChI=1S/C21H17FN4O5.C20H15FN4O5/c1-12(20(28)30-2)23-19(27)18-11-17(26-31-18)13-7-9-14(10-8-13)24-21(29)25-16-6-4-3-5-15(16)22;1-11(19(27)28)22-18(26)17-10-16(25-30-17)12-6-8-13(9-7-12)23-20(29)24-15-5-3-2-4-14(15)21/h3-11H,1H2,2H3,(H,23,27)(H2,24,25,29);2-10H,1H2,(H,22,26)(H,27,28)(H2,23,24,29). The molecule has 0 bridgehead atoms. The number of hydrogen-bond acceptors (Lipinski definition) is 11. The summed E-state index contributed by atoms with van der Waals surface area (Å²) >= 11 is 0. The third-order valence-electron chi connectivity index (χ3n) is 7.81. The van der Waals surface area contributed by atoms with Crippen LogP contribution in [0.3, 0.4) is 0 Å². The highest BCUT2D eigenvalue weighted by molar-refractivity contribution is 6.02. The Morgan fingerprint density at radius 1 is 0.590 bits per heavy atom. The largest absolute Gasteiger partial charge is 0.477 e. The lowest BCUT2D eigenvalue weighted by atomic mass is 10.1. The zero-order chi connectivity index (χ0) is 44.1. The molecule has 0 aliphatic carbocycles. The van der Waals surface area contributed by atoms with Gasteiger partial charge in [0.15, 0.2) is 0 Å². The number of rotatable bonds is 12. The van der Waals surface area contributed by atoms with Crippen LogP contribution in [0.1, 0.15) is 21.1 Å². The molecule has 0 atom stereocenters. The number of hydrogen-bond donors (Lipinski definition) is 7. The van der Waals surface area contributed by atoms with Crippen LogP contribution >= 0.6 is 0 Å². The maximum Gasteiger partial charge on any atom is 0.353 e. The zero-order valence-corrected chi connectivity index (χ0v) is 31.6. The molecule has 4 aromatic carbocycles. The second-order valence-corrected chi connectivity index (χ2v) is 12.1. The molecule has 310 valence electrons.